The molecule has 0 amide bonds. The quantitative estimate of drug-likeness (QED) is 0.837. The van der Waals surface area contributed by atoms with Crippen LogP contribution in [0.2, 0.25) is 0 Å². The van der Waals surface area contributed by atoms with Gasteiger partial charge < -0.3 is 10.6 Å². The first kappa shape index (κ1) is 11.0. The molecule has 3 rings (SSSR count). The summed E-state index contributed by atoms with van der Waals surface area (Å²) in [5.74, 6) is 1.88. The highest BCUT2D eigenvalue weighted by Gasteiger charge is 2.18. The first-order valence-electron chi connectivity index (χ1n) is 6.71. The average Bonchev–Trinajstić information content (AvgIpc) is 2.86. The van der Waals surface area contributed by atoms with Crippen LogP contribution in [0.25, 0.3) is 0 Å². The van der Waals surface area contributed by atoms with E-state index in [2.05, 4.69) is 20.6 Å². The lowest BCUT2D eigenvalue weighted by atomic mass is 9.89. The van der Waals surface area contributed by atoms with Crippen LogP contribution in [0.4, 0.5) is 5.82 Å². The molecular formula is C13H20N4. The summed E-state index contributed by atoms with van der Waals surface area (Å²) in [5, 5.41) is 6.85. The highest BCUT2D eigenvalue weighted by Crippen LogP contribution is 2.25. The van der Waals surface area contributed by atoms with E-state index in [0.29, 0.717) is 0 Å². The van der Waals surface area contributed by atoms with Crippen molar-refractivity contribution >= 4 is 5.82 Å². The third-order valence-corrected chi connectivity index (χ3v) is 3.91. The summed E-state index contributed by atoms with van der Waals surface area (Å²) < 4.78 is 0. The Morgan fingerprint density at radius 1 is 1.18 bits per heavy atom. The second-order valence-electron chi connectivity index (χ2n) is 5.14. The average molecular weight is 232 g/mol. The van der Waals surface area contributed by atoms with Gasteiger partial charge in [-0.15, -0.1) is 0 Å². The van der Waals surface area contributed by atoms with E-state index < -0.39 is 0 Å². The molecule has 0 spiro atoms. The van der Waals surface area contributed by atoms with Crippen molar-refractivity contribution in [3.05, 3.63) is 17.6 Å². The van der Waals surface area contributed by atoms with Crippen molar-refractivity contribution in [3.8, 4) is 0 Å². The molecule has 4 nitrogen and oxygen atoms in total. The van der Waals surface area contributed by atoms with Gasteiger partial charge in [0.2, 0.25) is 0 Å². The molecule has 17 heavy (non-hydrogen) atoms. The first-order chi connectivity index (χ1) is 8.43. The van der Waals surface area contributed by atoms with Crippen molar-refractivity contribution in [2.24, 2.45) is 5.92 Å². The summed E-state index contributed by atoms with van der Waals surface area (Å²) in [6.45, 7) is 2.86. The maximum atomic E-state index is 4.37. The van der Waals surface area contributed by atoms with Crippen LogP contribution in [0.5, 0.6) is 0 Å². The zero-order valence-corrected chi connectivity index (χ0v) is 10.2. The Bertz CT molecular complexity index is 385. The Labute approximate surface area is 102 Å². The zero-order valence-electron chi connectivity index (χ0n) is 10.2. The summed E-state index contributed by atoms with van der Waals surface area (Å²) >= 11 is 0. The molecule has 4 heteroatoms. The lowest BCUT2D eigenvalue weighted by molar-refractivity contribution is 0.373. The standard InChI is InChI=1S/C13H20N4/c1-2-4-10(5-3-1)6-15-13-11-7-14-8-12(11)16-9-17-13/h9-10,14H,1-8H2,(H,15,16,17). The van der Waals surface area contributed by atoms with Crippen LogP contribution in [-0.2, 0) is 13.1 Å². The topological polar surface area (TPSA) is 49.8 Å². The van der Waals surface area contributed by atoms with Crippen molar-refractivity contribution in [1.82, 2.24) is 15.3 Å². The number of hydrogen-bond donors (Lipinski definition) is 2. The van der Waals surface area contributed by atoms with Crippen molar-refractivity contribution in [2.75, 3.05) is 11.9 Å². The molecule has 1 aliphatic carbocycles. The van der Waals surface area contributed by atoms with E-state index in [4.69, 9.17) is 0 Å². The highest BCUT2D eigenvalue weighted by atomic mass is 15.1. The van der Waals surface area contributed by atoms with Gasteiger partial charge in [0.05, 0.1) is 5.69 Å². The second kappa shape index (κ2) is 5.00. The van der Waals surface area contributed by atoms with Gasteiger partial charge in [-0.2, -0.15) is 0 Å². The number of aromatic nitrogens is 2. The summed E-state index contributed by atoms with van der Waals surface area (Å²) in [5.41, 5.74) is 2.43. The van der Waals surface area contributed by atoms with Crippen LogP contribution in [0.15, 0.2) is 6.33 Å². The Balaban J connectivity index is 1.63. The van der Waals surface area contributed by atoms with Crippen LogP contribution in [0, 0.1) is 5.92 Å². The third kappa shape index (κ3) is 2.41. The number of nitrogens with one attached hydrogen (secondary N) is 2. The summed E-state index contributed by atoms with van der Waals surface area (Å²) in [6, 6.07) is 0. The van der Waals surface area contributed by atoms with Gasteiger partial charge in [-0.3, -0.25) is 0 Å². The molecule has 0 bridgehead atoms. The molecule has 0 atom stereocenters. The smallest absolute Gasteiger partial charge is 0.134 e. The molecule has 0 radical (unpaired) electrons. The molecule has 1 aromatic heterocycles. The van der Waals surface area contributed by atoms with Gasteiger partial charge in [-0.1, -0.05) is 19.3 Å². The van der Waals surface area contributed by atoms with Gasteiger partial charge >= 0.3 is 0 Å². The predicted octanol–water partition coefficient (Wildman–Crippen LogP) is 2.07. The van der Waals surface area contributed by atoms with E-state index in [9.17, 15) is 0 Å². The number of rotatable bonds is 3. The van der Waals surface area contributed by atoms with Gasteiger partial charge in [0.25, 0.3) is 0 Å². The molecule has 1 aliphatic heterocycles. The normalized spacial score (nSPS) is 20.2. The lowest BCUT2D eigenvalue weighted by Gasteiger charge is -2.22. The molecule has 2 N–H and O–H groups in total. The highest BCUT2D eigenvalue weighted by molar-refractivity contribution is 5.47. The molecule has 2 heterocycles. The van der Waals surface area contributed by atoms with E-state index in [-0.39, 0.29) is 0 Å². The van der Waals surface area contributed by atoms with E-state index in [0.717, 1.165) is 37.1 Å². The van der Waals surface area contributed by atoms with Crippen LogP contribution in [-0.4, -0.2) is 16.5 Å². The number of hydrogen-bond acceptors (Lipinski definition) is 4. The molecule has 1 aromatic rings. The first-order valence-corrected chi connectivity index (χ1v) is 6.71. The molecule has 0 saturated heterocycles. The maximum Gasteiger partial charge on any atom is 0.134 e. The van der Waals surface area contributed by atoms with Gasteiger partial charge in [0, 0.05) is 25.2 Å². The fourth-order valence-electron chi connectivity index (χ4n) is 2.88. The summed E-state index contributed by atoms with van der Waals surface area (Å²) in [6.07, 6.45) is 8.64. The van der Waals surface area contributed by atoms with Crippen LogP contribution in [0.1, 0.15) is 43.4 Å². The fourth-order valence-corrected chi connectivity index (χ4v) is 2.88. The van der Waals surface area contributed by atoms with Crippen molar-refractivity contribution in [3.63, 3.8) is 0 Å². The van der Waals surface area contributed by atoms with Crippen molar-refractivity contribution < 1.29 is 0 Å². The minimum atomic E-state index is 0.837. The minimum absolute atomic E-state index is 0.837. The Hall–Kier alpha value is -1.16. The van der Waals surface area contributed by atoms with Gasteiger partial charge in [0.1, 0.15) is 12.1 Å². The summed E-state index contributed by atoms with van der Waals surface area (Å²) in [7, 11) is 0. The lowest BCUT2D eigenvalue weighted by Crippen LogP contribution is -2.18. The Morgan fingerprint density at radius 3 is 2.94 bits per heavy atom. The van der Waals surface area contributed by atoms with Crippen LogP contribution in [0.3, 0.4) is 0 Å². The van der Waals surface area contributed by atoms with Crippen molar-refractivity contribution in [2.45, 2.75) is 45.2 Å². The van der Waals surface area contributed by atoms with E-state index in [1.54, 1.807) is 6.33 Å². The fraction of sp³-hybridized carbons (Fsp3) is 0.692. The Kier molecular flexibility index (Phi) is 3.22. The maximum absolute atomic E-state index is 4.37. The van der Waals surface area contributed by atoms with Crippen LogP contribution >= 0.6 is 0 Å². The molecule has 0 unspecified atom stereocenters. The van der Waals surface area contributed by atoms with Gasteiger partial charge in [-0.05, 0) is 18.8 Å². The Morgan fingerprint density at radius 2 is 2.06 bits per heavy atom. The minimum Gasteiger partial charge on any atom is -0.369 e. The molecule has 1 saturated carbocycles. The molecule has 1 fully saturated rings. The largest absolute Gasteiger partial charge is 0.369 e. The van der Waals surface area contributed by atoms with Crippen molar-refractivity contribution in [1.29, 1.82) is 0 Å². The predicted molar refractivity (Wildman–Crippen MR) is 67.6 cm³/mol. The summed E-state index contributed by atoms with van der Waals surface area (Å²) in [4.78, 5) is 8.67. The van der Waals surface area contributed by atoms with E-state index in [1.165, 1.54) is 37.7 Å². The van der Waals surface area contributed by atoms with E-state index >= 15 is 0 Å². The number of anilines is 1. The second-order valence-corrected chi connectivity index (χ2v) is 5.14. The number of fused-ring (bicyclic) bond motifs is 1. The molecule has 0 aromatic carbocycles. The van der Waals surface area contributed by atoms with Gasteiger partial charge in [-0.25, -0.2) is 9.97 Å². The molecular weight excluding hydrogens is 212 g/mol. The van der Waals surface area contributed by atoms with Crippen LogP contribution < -0.4 is 10.6 Å². The number of nitrogens with zero attached hydrogens (tertiary/aromatic N) is 2. The van der Waals surface area contributed by atoms with Gasteiger partial charge in [0.15, 0.2) is 0 Å². The monoisotopic (exact) mass is 232 g/mol. The molecule has 92 valence electrons. The SMILES string of the molecule is c1nc2c(c(NCC3CCCCC3)n1)CNC2. The zero-order chi connectivity index (χ0) is 11.5. The third-order valence-electron chi connectivity index (χ3n) is 3.91. The molecule has 2 aliphatic rings. The van der Waals surface area contributed by atoms with E-state index in [1.807, 2.05) is 0 Å².